The maximum atomic E-state index is 12.8. The van der Waals surface area contributed by atoms with Gasteiger partial charge in [-0.3, -0.25) is 19.3 Å². The van der Waals surface area contributed by atoms with Crippen molar-refractivity contribution >= 4 is 34.9 Å². The summed E-state index contributed by atoms with van der Waals surface area (Å²) in [5.74, 6) is -1.48. The van der Waals surface area contributed by atoms with E-state index in [0.29, 0.717) is 17.8 Å². The Labute approximate surface area is 161 Å². The van der Waals surface area contributed by atoms with Crippen molar-refractivity contribution in [2.45, 2.75) is 24.9 Å². The lowest BCUT2D eigenvalue weighted by Crippen LogP contribution is -2.46. The molecule has 1 saturated carbocycles. The molecule has 2 aromatic rings. The molecule has 0 unspecified atom stereocenters. The highest BCUT2D eigenvalue weighted by Gasteiger charge is 2.47. The summed E-state index contributed by atoms with van der Waals surface area (Å²) >= 11 is 0. The lowest BCUT2D eigenvalue weighted by molar-refractivity contribution is -0.155. The largest absolute Gasteiger partial charge is 0.371 e. The molecule has 2 aromatic carbocycles. The highest BCUT2D eigenvalue weighted by Crippen LogP contribution is 2.34. The molecule has 142 valence electrons. The average Bonchev–Trinajstić information content (AvgIpc) is 3.01. The second kappa shape index (κ2) is 6.69. The zero-order chi connectivity index (χ0) is 19.9. The minimum absolute atomic E-state index is 0.120. The topological polar surface area (TPSA) is 95.0 Å². The summed E-state index contributed by atoms with van der Waals surface area (Å²) in [5, 5.41) is 10.8. The number of para-hydroxylation sites is 1. The van der Waals surface area contributed by atoms with Gasteiger partial charge in [0.2, 0.25) is 5.60 Å². The molecule has 0 atom stereocenters. The molecular weight excluding hydrogens is 360 g/mol. The van der Waals surface area contributed by atoms with E-state index in [1.165, 1.54) is 17.0 Å². The molecule has 3 amide bonds. The molecule has 1 aliphatic heterocycles. The van der Waals surface area contributed by atoms with Gasteiger partial charge in [0.25, 0.3) is 5.91 Å². The third-order valence-electron chi connectivity index (χ3n) is 5.17. The fourth-order valence-electron chi connectivity index (χ4n) is 3.68. The normalized spacial score (nSPS) is 19.5. The number of benzene rings is 2. The van der Waals surface area contributed by atoms with Crippen molar-refractivity contribution in [2.24, 2.45) is 0 Å². The molecule has 1 saturated heterocycles. The van der Waals surface area contributed by atoms with Crippen LogP contribution in [0.1, 0.15) is 24.8 Å². The quantitative estimate of drug-likeness (QED) is 0.652. The number of hydrogen-bond acceptors (Lipinski definition) is 5. The summed E-state index contributed by atoms with van der Waals surface area (Å²) in [6, 6.07) is 14.1. The molecule has 7 heteroatoms. The van der Waals surface area contributed by atoms with Gasteiger partial charge in [-0.1, -0.05) is 30.3 Å². The number of nitrogens with zero attached hydrogens (tertiary/aromatic N) is 2. The van der Waals surface area contributed by atoms with Gasteiger partial charge in [0, 0.05) is 24.1 Å². The van der Waals surface area contributed by atoms with E-state index in [-0.39, 0.29) is 30.9 Å². The standard InChI is InChI=1S/C21H18N2O5/c24-17-10-5-11-18(25)21(17,28)14-6-4-9-16(12-14)22-13-19(26)23(20(22)27)15-7-2-1-3-8-15/h1-4,6-9,12,28H,5,10-11,13H2. The first kappa shape index (κ1) is 18.1. The minimum atomic E-state index is -2.19. The van der Waals surface area contributed by atoms with E-state index >= 15 is 0 Å². The third kappa shape index (κ3) is 2.71. The lowest BCUT2D eigenvalue weighted by atomic mass is 9.77. The van der Waals surface area contributed by atoms with Crippen molar-refractivity contribution in [3.05, 3.63) is 60.2 Å². The maximum absolute atomic E-state index is 12.8. The van der Waals surface area contributed by atoms with E-state index in [4.69, 9.17) is 0 Å². The minimum Gasteiger partial charge on any atom is -0.371 e. The van der Waals surface area contributed by atoms with Crippen LogP contribution in [-0.2, 0) is 20.0 Å². The predicted octanol–water partition coefficient (Wildman–Crippen LogP) is 2.17. The van der Waals surface area contributed by atoms with Gasteiger partial charge in [-0.15, -0.1) is 0 Å². The van der Waals surface area contributed by atoms with Crippen LogP contribution >= 0.6 is 0 Å². The zero-order valence-electron chi connectivity index (χ0n) is 15.0. The van der Waals surface area contributed by atoms with E-state index in [2.05, 4.69) is 0 Å². The molecule has 2 aliphatic rings. The van der Waals surface area contributed by atoms with E-state index in [1.807, 2.05) is 0 Å². The van der Waals surface area contributed by atoms with Crippen molar-refractivity contribution in [1.82, 2.24) is 0 Å². The first-order chi connectivity index (χ1) is 13.4. The Morgan fingerprint density at radius 2 is 1.46 bits per heavy atom. The van der Waals surface area contributed by atoms with Gasteiger partial charge in [-0.05, 0) is 30.7 Å². The van der Waals surface area contributed by atoms with Crippen LogP contribution in [0.2, 0.25) is 0 Å². The summed E-state index contributed by atoms with van der Waals surface area (Å²) in [5.41, 5.74) is -1.26. The number of aliphatic hydroxyl groups is 1. The van der Waals surface area contributed by atoms with Crippen LogP contribution in [0.25, 0.3) is 0 Å². The van der Waals surface area contributed by atoms with E-state index in [9.17, 15) is 24.3 Å². The Kier molecular flexibility index (Phi) is 4.31. The third-order valence-corrected chi connectivity index (χ3v) is 5.17. The van der Waals surface area contributed by atoms with Crippen molar-refractivity contribution < 1.29 is 24.3 Å². The van der Waals surface area contributed by atoms with Crippen molar-refractivity contribution in [3.63, 3.8) is 0 Å². The van der Waals surface area contributed by atoms with Gasteiger partial charge in [0.15, 0.2) is 11.6 Å². The fourth-order valence-corrected chi connectivity index (χ4v) is 3.68. The predicted molar refractivity (Wildman–Crippen MR) is 101 cm³/mol. The Morgan fingerprint density at radius 3 is 2.14 bits per heavy atom. The van der Waals surface area contributed by atoms with E-state index in [0.717, 1.165) is 4.90 Å². The fraction of sp³-hybridized carbons (Fsp3) is 0.238. The molecule has 0 radical (unpaired) electrons. The lowest BCUT2D eigenvalue weighted by Gasteiger charge is -2.30. The van der Waals surface area contributed by atoms with Crippen molar-refractivity contribution in [3.8, 4) is 0 Å². The van der Waals surface area contributed by atoms with E-state index in [1.54, 1.807) is 42.5 Å². The van der Waals surface area contributed by atoms with Gasteiger partial charge in [-0.25, -0.2) is 9.69 Å². The highest BCUT2D eigenvalue weighted by atomic mass is 16.3. The number of rotatable bonds is 3. The van der Waals surface area contributed by atoms with Gasteiger partial charge < -0.3 is 5.11 Å². The summed E-state index contributed by atoms with van der Waals surface area (Å²) in [7, 11) is 0. The van der Waals surface area contributed by atoms with E-state index < -0.39 is 23.2 Å². The number of carbonyl (C=O) groups is 4. The summed E-state index contributed by atoms with van der Waals surface area (Å²) in [4.78, 5) is 52.2. The average molecular weight is 378 g/mol. The first-order valence-electron chi connectivity index (χ1n) is 9.02. The number of imide groups is 1. The molecule has 0 aromatic heterocycles. The number of carbonyl (C=O) groups excluding carboxylic acids is 4. The van der Waals surface area contributed by atoms with Crippen molar-refractivity contribution in [2.75, 3.05) is 16.3 Å². The number of hydrogen-bond donors (Lipinski definition) is 1. The summed E-state index contributed by atoms with van der Waals surface area (Å²) in [6.45, 7) is -0.169. The van der Waals surface area contributed by atoms with Gasteiger partial charge >= 0.3 is 6.03 Å². The first-order valence-corrected chi connectivity index (χ1v) is 9.02. The van der Waals surface area contributed by atoms with Gasteiger partial charge in [0.1, 0.15) is 6.54 Å². The van der Waals surface area contributed by atoms with Crippen LogP contribution in [0.4, 0.5) is 16.2 Å². The van der Waals surface area contributed by atoms with Crippen LogP contribution in [0, 0.1) is 0 Å². The molecule has 28 heavy (non-hydrogen) atoms. The van der Waals surface area contributed by atoms with Crippen LogP contribution in [-0.4, -0.2) is 35.2 Å². The molecule has 1 N–H and O–H groups in total. The maximum Gasteiger partial charge on any atom is 0.336 e. The number of ketones is 2. The van der Waals surface area contributed by atoms with Crippen LogP contribution in [0.3, 0.4) is 0 Å². The molecule has 7 nitrogen and oxygen atoms in total. The highest BCUT2D eigenvalue weighted by molar-refractivity contribution is 6.27. The van der Waals surface area contributed by atoms with Gasteiger partial charge in [0.05, 0.1) is 5.69 Å². The van der Waals surface area contributed by atoms with Crippen molar-refractivity contribution in [1.29, 1.82) is 0 Å². The second-order valence-electron chi connectivity index (χ2n) is 6.89. The van der Waals surface area contributed by atoms with Gasteiger partial charge in [-0.2, -0.15) is 0 Å². The smallest absolute Gasteiger partial charge is 0.336 e. The SMILES string of the molecule is O=C1CN(c2cccc(C3(O)C(=O)CCCC3=O)c2)C(=O)N1c1ccccc1. The number of amides is 3. The molecule has 1 aliphatic carbocycles. The van der Waals surface area contributed by atoms with Crippen LogP contribution in [0.15, 0.2) is 54.6 Å². The second-order valence-corrected chi connectivity index (χ2v) is 6.89. The molecule has 0 bridgehead atoms. The van der Waals surface area contributed by atoms with Crippen LogP contribution in [0.5, 0.6) is 0 Å². The summed E-state index contributed by atoms with van der Waals surface area (Å²) < 4.78 is 0. The Balaban J connectivity index is 1.69. The number of anilines is 2. The molecule has 2 fully saturated rings. The Hall–Kier alpha value is -3.32. The summed E-state index contributed by atoms with van der Waals surface area (Å²) in [6.07, 6.45) is 0.662. The molecule has 0 spiro atoms. The zero-order valence-corrected chi connectivity index (χ0v) is 15.0. The Morgan fingerprint density at radius 1 is 0.821 bits per heavy atom. The molecular formula is C21H18N2O5. The molecule has 4 rings (SSSR count). The molecule has 1 heterocycles. The number of Topliss-reactive ketones (excluding diaryl/α,β-unsaturated/α-hetero) is 2. The van der Waals surface area contributed by atoms with Crippen LogP contribution < -0.4 is 9.80 Å². The monoisotopic (exact) mass is 378 g/mol. The Bertz CT molecular complexity index is 969. The number of urea groups is 1.